The molecule has 3 atom stereocenters. The van der Waals surface area contributed by atoms with Gasteiger partial charge in [-0.1, -0.05) is 32.8 Å². The van der Waals surface area contributed by atoms with Crippen LogP contribution in [0.1, 0.15) is 44.4 Å². The Morgan fingerprint density at radius 1 is 1.44 bits per heavy atom. The minimum absolute atomic E-state index is 0.598. The van der Waals surface area contributed by atoms with Crippen molar-refractivity contribution in [1.82, 2.24) is 10.3 Å². The van der Waals surface area contributed by atoms with Crippen molar-refractivity contribution in [2.75, 3.05) is 6.54 Å². The van der Waals surface area contributed by atoms with Crippen LogP contribution in [0.2, 0.25) is 0 Å². The third-order valence-electron chi connectivity index (χ3n) is 4.44. The highest BCUT2D eigenvalue weighted by atomic mass is 14.9. The normalized spacial score (nSPS) is 25.3. The molecule has 100 valence electrons. The molecule has 2 heteroatoms. The quantitative estimate of drug-likeness (QED) is 0.862. The van der Waals surface area contributed by atoms with Crippen LogP contribution in [0.4, 0.5) is 0 Å². The van der Waals surface area contributed by atoms with Crippen LogP contribution in [0.25, 0.3) is 0 Å². The van der Waals surface area contributed by atoms with Crippen LogP contribution in [0, 0.1) is 18.8 Å². The minimum Gasteiger partial charge on any atom is -0.314 e. The fourth-order valence-corrected chi connectivity index (χ4v) is 3.35. The predicted molar refractivity (Wildman–Crippen MR) is 76.6 cm³/mol. The second kappa shape index (κ2) is 6.33. The molecule has 0 aliphatic heterocycles. The van der Waals surface area contributed by atoms with Crippen LogP contribution in [-0.4, -0.2) is 17.6 Å². The fraction of sp³-hybridized carbons (Fsp3) is 0.688. The molecule has 1 saturated carbocycles. The lowest BCUT2D eigenvalue weighted by molar-refractivity contribution is 0.297. The van der Waals surface area contributed by atoms with Crippen LogP contribution in [0.3, 0.4) is 0 Å². The van der Waals surface area contributed by atoms with Crippen LogP contribution < -0.4 is 5.32 Å². The number of nitrogens with one attached hydrogen (secondary N) is 1. The summed E-state index contributed by atoms with van der Waals surface area (Å²) in [7, 11) is 0. The van der Waals surface area contributed by atoms with Crippen molar-refractivity contribution in [1.29, 1.82) is 0 Å². The molecule has 2 rings (SSSR count). The molecule has 0 aromatic carbocycles. The highest BCUT2D eigenvalue weighted by molar-refractivity contribution is 5.19. The van der Waals surface area contributed by atoms with Gasteiger partial charge in [-0.25, -0.2) is 0 Å². The SMILES string of the molecule is CCNC(Cc1ncccc1C)C1CCCC1C. The van der Waals surface area contributed by atoms with E-state index in [2.05, 4.69) is 37.1 Å². The maximum atomic E-state index is 4.56. The number of nitrogens with zero attached hydrogens (tertiary/aromatic N) is 1. The molecular formula is C16H26N2. The highest BCUT2D eigenvalue weighted by Crippen LogP contribution is 2.34. The molecule has 0 spiro atoms. The molecule has 0 amide bonds. The molecule has 1 N–H and O–H groups in total. The number of pyridine rings is 1. The summed E-state index contributed by atoms with van der Waals surface area (Å²) >= 11 is 0. The van der Waals surface area contributed by atoms with Gasteiger partial charge in [-0.05, 0) is 43.4 Å². The number of hydrogen-bond donors (Lipinski definition) is 1. The monoisotopic (exact) mass is 246 g/mol. The standard InChI is InChI=1S/C16H26N2/c1-4-17-16(14-9-5-7-12(14)2)11-15-13(3)8-6-10-18-15/h6,8,10,12,14,16-17H,4-5,7,9,11H2,1-3H3. The van der Waals surface area contributed by atoms with Crippen molar-refractivity contribution in [2.45, 2.75) is 52.5 Å². The molecule has 2 nitrogen and oxygen atoms in total. The molecule has 1 fully saturated rings. The first-order valence-corrected chi connectivity index (χ1v) is 7.36. The lowest BCUT2D eigenvalue weighted by atomic mass is 9.87. The first-order chi connectivity index (χ1) is 8.72. The molecule has 1 aromatic heterocycles. The molecule has 0 radical (unpaired) electrons. The van der Waals surface area contributed by atoms with E-state index in [-0.39, 0.29) is 0 Å². The van der Waals surface area contributed by atoms with Gasteiger partial charge in [-0.3, -0.25) is 4.98 Å². The first-order valence-electron chi connectivity index (χ1n) is 7.36. The molecule has 1 aliphatic carbocycles. The van der Waals surface area contributed by atoms with Gasteiger partial charge in [0.05, 0.1) is 0 Å². The summed E-state index contributed by atoms with van der Waals surface area (Å²) in [6.45, 7) is 7.84. The fourth-order valence-electron chi connectivity index (χ4n) is 3.35. The first kappa shape index (κ1) is 13.5. The van der Waals surface area contributed by atoms with Gasteiger partial charge >= 0.3 is 0 Å². The van der Waals surface area contributed by atoms with E-state index >= 15 is 0 Å². The van der Waals surface area contributed by atoms with Crippen molar-refractivity contribution in [3.63, 3.8) is 0 Å². The van der Waals surface area contributed by atoms with Gasteiger partial charge in [0.2, 0.25) is 0 Å². The lowest BCUT2D eigenvalue weighted by Crippen LogP contribution is -2.39. The molecule has 18 heavy (non-hydrogen) atoms. The van der Waals surface area contributed by atoms with Gasteiger partial charge in [0.15, 0.2) is 0 Å². The second-order valence-electron chi connectivity index (χ2n) is 5.71. The molecule has 0 saturated heterocycles. The van der Waals surface area contributed by atoms with Gasteiger partial charge < -0.3 is 5.32 Å². The third-order valence-corrected chi connectivity index (χ3v) is 4.44. The zero-order chi connectivity index (χ0) is 13.0. The Hall–Kier alpha value is -0.890. The van der Waals surface area contributed by atoms with Gasteiger partial charge in [0, 0.05) is 24.4 Å². The van der Waals surface area contributed by atoms with Crippen LogP contribution in [0.5, 0.6) is 0 Å². The van der Waals surface area contributed by atoms with Gasteiger partial charge in [-0.2, -0.15) is 0 Å². The summed E-state index contributed by atoms with van der Waals surface area (Å²) in [5.41, 5.74) is 2.59. The summed E-state index contributed by atoms with van der Waals surface area (Å²) in [5.74, 6) is 1.68. The Bertz CT molecular complexity index is 375. The second-order valence-corrected chi connectivity index (χ2v) is 5.71. The Labute approximate surface area is 111 Å². The lowest BCUT2D eigenvalue weighted by Gasteiger charge is -2.28. The average Bonchev–Trinajstić information content (AvgIpc) is 2.78. The smallest absolute Gasteiger partial charge is 0.0448 e. The maximum absolute atomic E-state index is 4.56. The molecular weight excluding hydrogens is 220 g/mol. The van der Waals surface area contributed by atoms with E-state index in [1.807, 2.05) is 12.3 Å². The third kappa shape index (κ3) is 3.11. The Kier molecular flexibility index (Phi) is 4.76. The Morgan fingerprint density at radius 2 is 2.28 bits per heavy atom. The van der Waals surface area contributed by atoms with E-state index in [1.165, 1.54) is 30.5 Å². The van der Waals surface area contributed by atoms with E-state index in [9.17, 15) is 0 Å². The largest absolute Gasteiger partial charge is 0.314 e. The molecule has 0 bridgehead atoms. The average molecular weight is 246 g/mol. The zero-order valence-electron chi connectivity index (χ0n) is 11.9. The summed E-state index contributed by atoms with van der Waals surface area (Å²) < 4.78 is 0. The topological polar surface area (TPSA) is 24.9 Å². The van der Waals surface area contributed by atoms with E-state index in [0.29, 0.717) is 6.04 Å². The van der Waals surface area contributed by atoms with Crippen molar-refractivity contribution >= 4 is 0 Å². The summed E-state index contributed by atoms with van der Waals surface area (Å²) in [4.78, 5) is 4.56. The molecule has 1 heterocycles. The predicted octanol–water partition coefficient (Wildman–Crippen LogP) is 3.35. The van der Waals surface area contributed by atoms with E-state index in [0.717, 1.165) is 24.8 Å². The maximum Gasteiger partial charge on any atom is 0.0448 e. The minimum atomic E-state index is 0.598. The van der Waals surface area contributed by atoms with Crippen LogP contribution >= 0.6 is 0 Å². The number of rotatable bonds is 5. The van der Waals surface area contributed by atoms with Gasteiger partial charge in [-0.15, -0.1) is 0 Å². The number of aromatic nitrogens is 1. The Morgan fingerprint density at radius 3 is 2.89 bits per heavy atom. The molecule has 3 unspecified atom stereocenters. The van der Waals surface area contributed by atoms with Gasteiger partial charge in [0.1, 0.15) is 0 Å². The molecule has 1 aliphatic rings. The highest BCUT2D eigenvalue weighted by Gasteiger charge is 2.30. The number of likely N-dealkylation sites (N-methyl/N-ethyl adjacent to an activating group) is 1. The molecule has 1 aromatic rings. The summed E-state index contributed by atoms with van der Waals surface area (Å²) in [5, 5.41) is 3.69. The Balaban J connectivity index is 2.08. The van der Waals surface area contributed by atoms with E-state index < -0.39 is 0 Å². The van der Waals surface area contributed by atoms with Crippen LogP contribution in [0.15, 0.2) is 18.3 Å². The van der Waals surface area contributed by atoms with E-state index in [1.54, 1.807) is 0 Å². The van der Waals surface area contributed by atoms with Crippen molar-refractivity contribution in [3.05, 3.63) is 29.6 Å². The van der Waals surface area contributed by atoms with Crippen molar-refractivity contribution < 1.29 is 0 Å². The van der Waals surface area contributed by atoms with Crippen molar-refractivity contribution in [2.24, 2.45) is 11.8 Å². The van der Waals surface area contributed by atoms with Crippen LogP contribution in [-0.2, 0) is 6.42 Å². The summed E-state index contributed by atoms with van der Waals surface area (Å²) in [6.07, 6.45) is 7.17. The number of hydrogen-bond acceptors (Lipinski definition) is 2. The van der Waals surface area contributed by atoms with Crippen molar-refractivity contribution in [3.8, 4) is 0 Å². The van der Waals surface area contributed by atoms with E-state index in [4.69, 9.17) is 0 Å². The number of aryl methyl sites for hydroxylation is 1. The van der Waals surface area contributed by atoms with Gasteiger partial charge in [0.25, 0.3) is 0 Å². The zero-order valence-corrected chi connectivity index (χ0v) is 11.9. The summed E-state index contributed by atoms with van der Waals surface area (Å²) in [6, 6.07) is 4.80.